The van der Waals surface area contributed by atoms with Crippen molar-refractivity contribution in [3.8, 4) is 0 Å². The molecule has 0 aliphatic heterocycles. The molecule has 0 bridgehead atoms. The van der Waals surface area contributed by atoms with Gasteiger partial charge in [0.15, 0.2) is 5.17 Å². The molecule has 0 amide bonds. The number of carbonyl (C=O) groups excluding carboxylic acids is 1. The molecule has 1 aromatic carbocycles. The predicted octanol–water partition coefficient (Wildman–Crippen LogP) is 3.02. The van der Waals surface area contributed by atoms with E-state index in [9.17, 15) is 4.79 Å². The van der Waals surface area contributed by atoms with Gasteiger partial charge in [0.05, 0.1) is 5.02 Å². The zero-order chi connectivity index (χ0) is 11.3. The Balaban J connectivity index is 2.80. The van der Waals surface area contributed by atoms with Crippen LogP contribution in [0.4, 0.5) is 0 Å². The summed E-state index contributed by atoms with van der Waals surface area (Å²) in [6, 6.07) is 6.80. The van der Waals surface area contributed by atoms with Gasteiger partial charge in [-0.1, -0.05) is 46.6 Å². The summed E-state index contributed by atoms with van der Waals surface area (Å²) < 4.78 is 0. The summed E-state index contributed by atoms with van der Waals surface area (Å²) in [4.78, 5) is 15.1. The van der Waals surface area contributed by atoms with E-state index in [1.165, 1.54) is 0 Å². The summed E-state index contributed by atoms with van der Waals surface area (Å²) >= 11 is 16.8. The minimum atomic E-state index is -0.679. The maximum Gasteiger partial charge on any atom is 0.349 e. The summed E-state index contributed by atoms with van der Waals surface area (Å²) in [5.74, 6) is -0.960. The first-order chi connectivity index (χ1) is 7.15. The Bertz CT molecular complexity index is 393. The molecule has 0 unspecified atom stereocenters. The Kier molecular flexibility index (Phi) is 4.88. The van der Waals surface area contributed by atoms with E-state index in [1.54, 1.807) is 24.3 Å². The van der Waals surface area contributed by atoms with E-state index in [0.717, 1.165) is 0 Å². The van der Waals surface area contributed by atoms with Crippen LogP contribution in [-0.4, -0.2) is 17.0 Å². The van der Waals surface area contributed by atoms with Crippen LogP contribution in [0.2, 0.25) is 5.02 Å². The smallest absolute Gasteiger partial charge is 0.315 e. The average Bonchev–Trinajstić information content (AvgIpc) is 2.26. The van der Waals surface area contributed by atoms with Crippen molar-refractivity contribution in [2.45, 2.75) is 0 Å². The lowest BCUT2D eigenvalue weighted by atomic mass is 10.2. The number of alkyl halides is 1. The monoisotopic (exact) mass is 265 g/mol. The van der Waals surface area contributed by atoms with Gasteiger partial charge in [-0.25, -0.2) is 4.79 Å². The predicted molar refractivity (Wildman–Crippen MR) is 60.7 cm³/mol. The number of hydrogen-bond donors (Lipinski definition) is 0. The van der Waals surface area contributed by atoms with Crippen LogP contribution in [0.25, 0.3) is 0 Å². The summed E-state index contributed by atoms with van der Waals surface area (Å²) in [6.45, 7) is 0. The van der Waals surface area contributed by atoms with E-state index in [2.05, 4.69) is 9.99 Å². The zero-order valence-corrected chi connectivity index (χ0v) is 9.68. The third-order valence-electron chi connectivity index (χ3n) is 1.43. The van der Waals surface area contributed by atoms with Gasteiger partial charge in [-0.05, 0) is 6.07 Å². The van der Waals surface area contributed by atoms with Crippen molar-refractivity contribution in [3.05, 3.63) is 34.9 Å². The highest BCUT2D eigenvalue weighted by Gasteiger charge is 2.06. The Morgan fingerprint density at radius 2 is 2.07 bits per heavy atom. The van der Waals surface area contributed by atoms with Crippen LogP contribution in [0.1, 0.15) is 5.56 Å². The van der Waals surface area contributed by atoms with Crippen LogP contribution in [0.5, 0.6) is 0 Å². The highest BCUT2D eigenvalue weighted by Crippen LogP contribution is 2.17. The average molecular weight is 267 g/mol. The SMILES string of the molecule is O=C(CCl)ON=C(Cl)c1ccccc1Cl. The molecule has 3 nitrogen and oxygen atoms in total. The molecule has 0 atom stereocenters. The van der Waals surface area contributed by atoms with Gasteiger partial charge in [0, 0.05) is 5.56 Å². The molecule has 6 heteroatoms. The lowest BCUT2D eigenvalue weighted by molar-refractivity contribution is -0.140. The first-order valence-electron chi connectivity index (χ1n) is 3.89. The molecule has 0 aliphatic rings. The molecule has 0 saturated heterocycles. The highest BCUT2D eigenvalue weighted by atomic mass is 35.5. The van der Waals surface area contributed by atoms with Crippen molar-refractivity contribution >= 4 is 45.9 Å². The zero-order valence-electron chi connectivity index (χ0n) is 7.41. The number of carbonyl (C=O) groups is 1. The van der Waals surface area contributed by atoms with Crippen molar-refractivity contribution in [2.75, 3.05) is 5.88 Å². The van der Waals surface area contributed by atoms with Crippen LogP contribution in [0.15, 0.2) is 29.4 Å². The van der Waals surface area contributed by atoms with Crippen molar-refractivity contribution in [1.29, 1.82) is 0 Å². The second kappa shape index (κ2) is 5.95. The lowest BCUT2D eigenvalue weighted by Gasteiger charge is -2.00. The fraction of sp³-hybridized carbons (Fsp3) is 0.111. The Hall–Kier alpha value is -0.770. The quantitative estimate of drug-likeness (QED) is 0.365. The van der Waals surface area contributed by atoms with Crippen LogP contribution < -0.4 is 0 Å². The van der Waals surface area contributed by atoms with E-state index in [4.69, 9.17) is 34.8 Å². The number of rotatable bonds is 3. The van der Waals surface area contributed by atoms with Gasteiger partial charge in [0.2, 0.25) is 0 Å². The molecule has 80 valence electrons. The number of oxime groups is 1. The van der Waals surface area contributed by atoms with Crippen molar-refractivity contribution in [1.82, 2.24) is 0 Å². The van der Waals surface area contributed by atoms with Gasteiger partial charge in [0.1, 0.15) is 5.88 Å². The van der Waals surface area contributed by atoms with E-state index in [0.29, 0.717) is 10.6 Å². The topological polar surface area (TPSA) is 38.7 Å². The van der Waals surface area contributed by atoms with Gasteiger partial charge < -0.3 is 4.84 Å². The third kappa shape index (κ3) is 3.70. The molecule has 0 spiro atoms. The highest BCUT2D eigenvalue weighted by molar-refractivity contribution is 6.70. The van der Waals surface area contributed by atoms with E-state index >= 15 is 0 Å². The summed E-state index contributed by atoms with van der Waals surface area (Å²) in [7, 11) is 0. The Morgan fingerprint density at radius 3 is 2.67 bits per heavy atom. The standard InChI is InChI=1S/C9H6Cl3NO2/c10-5-8(14)15-13-9(12)6-3-1-2-4-7(6)11/h1-4H,5H2. The van der Waals surface area contributed by atoms with Gasteiger partial charge in [-0.2, -0.15) is 0 Å². The molecular weight excluding hydrogens is 260 g/mol. The first kappa shape index (κ1) is 12.3. The van der Waals surface area contributed by atoms with Crippen molar-refractivity contribution < 1.29 is 9.63 Å². The van der Waals surface area contributed by atoms with Gasteiger partial charge in [-0.3, -0.25) is 0 Å². The largest absolute Gasteiger partial charge is 0.349 e. The molecule has 0 radical (unpaired) electrons. The molecule has 0 aromatic heterocycles. The molecule has 1 rings (SSSR count). The molecule has 0 aliphatic carbocycles. The second-order valence-electron chi connectivity index (χ2n) is 2.46. The number of hydrogen-bond acceptors (Lipinski definition) is 3. The van der Waals surface area contributed by atoms with Crippen molar-refractivity contribution in [2.24, 2.45) is 5.16 Å². The maximum absolute atomic E-state index is 10.7. The summed E-state index contributed by atoms with van der Waals surface area (Å²) in [5, 5.41) is 3.81. The van der Waals surface area contributed by atoms with Gasteiger partial charge in [0.25, 0.3) is 0 Å². The summed E-state index contributed by atoms with van der Waals surface area (Å²) in [5.41, 5.74) is 0.489. The number of benzene rings is 1. The first-order valence-corrected chi connectivity index (χ1v) is 5.18. The molecule has 1 aromatic rings. The fourth-order valence-corrected chi connectivity index (χ4v) is 1.31. The van der Waals surface area contributed by atoms with Gasteiger partial charge in [-0.15, -0.1) is 11.6 Å². The van der Waals surface area contributed by atoms with Gasteiger partial charge >= 0.3 is 5.97 Å². The summed E-state index contributed by atoms with van der Waals surface area (Å²) in [6.07, 6.45) is 0. The minimum Gasteiger partial charge on any atom is -0.315 e. The van der Waals surface area contributed by atoms with Crippen LogP contribution in [0, 0.1) is 0 Å². The molecule has 15 heavy (non-hydrogen) atoms. The third-order valence-corrected chi connectivity index (χ3v) is 2.25. The van der Waals surface area contributed by atoms with E-state index < -0.39 is 5.97 Å². The molecular formula is C9H6Cl3NO2. The maximum atomic E-state index is 10.7. The minimum absolute atomic E-state index is 0.000864. The number of nitrogens with zero attached hydrogens (tertiary/aromatic N) is 1. The lowest BCUT2D eigenvalue weighted by Crippen LogP contribution is -2.03. The van der Waals surface area contributed by atoms with Crippen molar-refractivity contribution in [3.63, 3.8) is 0 Å². The molecule has 0 fully saturated rings. The van der Waals surface area contributed by atoms with E-state index in [-0.39, 0.29) is 11.1 Å². The number of halogens is 3. The normalized spacial score (nSPS) is 11.3. The second-order valence-corrected chi connectivity index (χ2v) is 3.49. The van der Waals surface area contributed by atoms with Crippen LogP contribution >= 0.6 is 34.8 Å². The molecule has 0 N–H and O–H groups in total. The fourth-order valence-electron chi connectivity index (χ4n) is 0.793. The molecule has 0 saturated carbocycles. The molecule has 0 heterocycles. The van der Waals surface area contributed by atoms with E-state index in [1.807, 2.05) is 0 Å². The Morgan fingerprint density at radius 1 is 1.40 bits per heavy atom. The van der Waals surface area contributed by atoms with Crippen LogP contribution in [-0.2, 0) is 9.63 Å². The van der Waals surface area contributed by atoms with Crippen LogP contribution in [0.3, 0.4) is 0 Å². The Labute approximate surface area is 102 Å².